The summed E-state index contributed by atoms with van der Waals surface area (Å²) in [6.07, 6.45) is 1.24. The first-order chi connectivity index (χ1) is 4.94. The first kappa shape index (κ1) is 12.2. The van der Waals surface area contributed by atoms with Crippen LogP contribution in [0.25, 0.3) is 0 Å². The molecule has 12 heavy (non-hydrogen) atoms. The maximum Gasteiger partial charge on any atom is 0.155 e. The van der Waals surface area contributed by atoms with Crippen molar-refractivity contribution in [3.63, 3.8) is 0 Å². The Bertz CT molecular complexity index is 222. The molecule has 0 amide bonds. The van der Waals surface area contributed by atoms with Gasteiger partial charge < -0.3 is 5.73 Å². The van der Waals surface area contributed by atoms with E-state index in [1.165, 1.54) is 0 Å². The first-order valence-electron chi connectivity index (χ1n) is 3.93. The van der Waals surface area contributed by atoms with E-state index in [0.717, 1.165) is 0 Å². The maximum atomic E-state index is 11.4. The second kappa shape index (κ2) is 3.94. The standard InChI is InChI=1S/C7H15NO2S.ClH/c1-5-3-7(8)4-6(2)11(5,9)10;/h5-7H,3-4,8H2,1-2H3;1H. The predicted octanol–water partition coefficient (Wildman–Crippen LogP) is 0.721. The minimum absolute atomic E-state index is 0. The van der Waals surface area contributed by atoms with Crippen LogP contribution in [0.2, 0.25) is 0 Å². The summed E-state index contributed by atoms with van der Waals surface area (Å²) in [7, 11) is -2.85. The lowest BCUT2D eigenvalue weighted by Crippen LogP contribution is -2.42. The molecule has 0 aromatic heterocycles. The molecule has 0 spiro atoms. The number of nitrogens with two attached hydrogens (primary N) is 1. The van der Waals surface area contributed by atoms with Gasteiger partial charge in [-0.2, -0.15) is 0 Å². The minimum atomic E-state index is -2.85. The first-order valence-corrected chi connectivity index (χ1v) is 5.54. The van der Waals surface area contributed by atoms with Crippen molar-refractivity contribution < 1.29 is 8.42 Å². The number of rotatable bonds is 0. The molecule has 74 valence electrons. The van der Waals surface area contributed by atoms with E-state index in [1.807, 2.05) is 0 Å². The Morgan fingerprint density at radius 2 is 1.50 bits per heavy atom. The third-order valence-corrected chi connectivity index (χ3v) is 5.02. The quantitative estimate of drug-likeness (QED) is 0.645. The van der Waals surface area contributed by atoms with Crippen LogP contribution in [0.3, 0.4) is 0 Å². The van der Waals surface area contributed by atoms with Crippen molar-refractivity contribution in [2.75, 3.05) is 0 Å². The molecular weight excluding hydrogens is 198 g/mol. The molecule has 2 atom stereocenters. The van der Waals surface area contributed by atoms with Crippen molar-refractivity contribution in [1.29, 1.82) is 0 Å². The van der Waals surface area contributed by atoms with Crippen LogP contribution in [0.15, 0.2) is 0 Å². The van der Waals surface area contributed by atoms with Crippen molar-refractivity contribution >= 4 is 22.2 Å². The predicted molar refractivity (Wildman–Crippen MR) is 52.3 cm³/mol. The van der Waals surface area contributed by atoms with Gasteiger partial charge in [0, 0.05) is 6.04 Å². The van der Waals surface area contributed by atoms with E-state index < -0.39 is 9.84 Å². The van der Waals surface area contributed by atoms with Gasteiger partial charge in [-0.3, -0.25) is 0 Å². The number of hydrogen-bond acceptors (Lipinski definition) is 3. The zero-order chi connectivity index (χ0) is 8.65. The van der Waals surface area contributed by atoms with Gasteiger partial charge in [-0.25, -0.2) is 8.42 Å². The molecule has 1 rings (SSSR count). The Balaban J connectivity index is 0.00000121. The molecule has 0 saturated carbocycles. The van der Waals surface area contributed by atoms with Gasteiger partial charge >= 0.3 is 0 Å². The van der Waals surface area contributed by atoms with Crippen LogP contribution >= 0.6 is 12.4 Å². The molecule has 2 N–H and O–H groups in total. The van der Waals surface area contributed by atoms with Gasteiger partial charge in [-0.05, 0) is 26.7 Å². The van der Waals surface area contributed by atoms with Crippen molar-refractivity contribution in [1.82, 2.24) is 0 Å². The second-order valence-corrected chi connectivity index (χ2v) is 6.23. The summed E-state index contributed by atoms with van der Waals surface area (Å²) in [5, 5.41) is -0.498. The lowest BCUT2D eigenvalue weighted by atomic mass is 10.1. The summed E-state index contributed by atoms with van der Waals surface area (Å²) in [5.41, 5.74) is 5.67. The van der Waals surface area contributed by atoms with E-state index in [2.05, 4.69) is 0 Å². The van der Waals surface area contributed by atoms with E-state index in [9.17, 15) is 8.42 Å². The number of hydrogen-bond donors (Lipinski definition) is 1. The fourth-order valence-electron chi connectivity index (χ4n) is 1.61. The van der Waals surface area contributed by atoms with E-state index >= 15 is 0 Å². The van der Waals surface area contributed by atoms with Gasteiger partial charge in [0.15, 0.2) is 9.84 Å². The fourth-order valence-corrected chi connectivity index (χ4v) is 3.44. The molecule has 5 heteroatoms. The molecule has 0 aromatic carbocycles. The van der Waals surface area contributed by atoms with Gasteiger partial charge in [0.2, 0.25) is 0 Å². The third kappa shape index (κ3) is 2.12. The average Bonchev–Trinajstić information content (AvgIpc) is 1.84. The van der Waals surface area contributed by atoms with Crippen LogP contribution in [0.4, 0.5) is 0 Å². The van der Waals surface area contributed by atoms with Crippen molar-refractivity contribution in [2.24, 2.45) is 5.73 Å². The van der Waals surface area contributed by atoms with Crippen LogP contribution in [0.1, 0.15) is 26.7 Å². The monoisotopic (exact) mass is 213 g/mol. The molecule has 3 nitrogen and oxygen atoms in total. The Morgan fingerprint density at radius 1 is 1.17 bits per heavy atom. The van der Waals surface area contributed by atoms with Crippen LogP contribution < -0.4 is 5.73 Å². The largest absolute Gasteiger partial charge is 0.328 e. The highest BCUT2D eigenvalue weighted by molar-refractivity contribution is 7.92. The van der Waals surface area contributed by atoms with Gasteiger partial charge in [-0.1, -0.05) is 0 Å². The van der Waals surface area contributed by atoms with Crippen molar-refractivity contribution in [2.45, 2.75) is 43.2 Å². The minimum Gasteiger partial charge on any atom is -0.328 e. The Morgan fingerprint density at radius 3 is 1.83 bits per heavy atom. The smallest absolute Gasteiger partial charge is 0.155 e. The second-order valence-electron chi connectivity index (χ2n) is 3.44. The lowest BCUT2D eigenvalue weighted by molar-refractivity contribution is 0.481. The van der Waals surface area contributed by atoms with Crippen LogP contribution in [0.5, 0.6) is 0 Å². The fraction of sp³-hybridized carbons (Fsp3) is 1.00. The van der Waals surface area contributed by atoms with Gasteiger partial charge in [0.1, 0.15) is 0 Å². The van der Waals surface area contributed by atoms with Crippen molar-refractivity contribution in [3.05, 3.63) is 0 Å². The van der Waals surface area contributed by atoms with Gasteiger partial charge in [-0.15, -0.1) is 12.4 Å². The van der Waals surface area contributed by atoms with Crippen LogP contribution in [0, 0.1) is 0 Å². The summed E-state index contributed by atoms with van der Waals surface area (Å²) < 4.78 is 22.8. The SMILES string of the molecule is CC1CC(N)CC(C)S1(=O)=O.Cl. The molecule has 1 aliphatic heterocycles. The molecule has 0 bridgehead atoms. The summed E-state index contributed by atoms with van der Waals surface area (Å²) in [5.74, 6) is 0. The molecule has 0 radical (unpaired) electrons. The topological polar surface area (TPSA) is 60.2 Å². The highest BCUT2D eigenvalue weighted by Crippen LogP contribution is 2.24. The van der Waals surface area contributed by atoms with Crippen LogP contribution in [-0.2, 0) is 9.84 Å². The molecule has 1 saturated heterocycles. The van der Waals surface area contributed by atoms with Gasteiger partial charge in [0.25, 0.3) is 0 Å². The Hall–Kier alpha value is 0.200. The molecule has 1 heterocycles. The van der Waals surface area contributed by atoms with E-state index in [1.54, 1.807) is 13.8 Å². The molecule has 0 aliphatic carbocycles. The molecule has 1 fully saturated rings. The summed E-state index contributed by atoms with van der Waals surface area (Å²) in [6.45, 7) is 3.48. The number of halogens is 1. The Labute approximate surface area is 80.0 Å². The van der Waals surface area contributed by atoms with Gasteiger partial charge in [0.05, 0.1) is 10.5 Å². The summed E-state index contributed by atoms with van der Waals surface area (Å²) in [6, 6.07) is 0.0727. The van der Waals surface area contributed by atoms with Crippen molar-refractivity contribution in [3.8, 4) is 0 Å². The zero-order valence-corrected chi connectivity index (χ0v) is 8.99. The average molecular weight is 214 g/mol. The highest BCUT2D eigenvalue weighted by atomic mass is 35.5. The zero-order valence-electron chi connectivity index (χ0n) is 7.36. The maximum absolute atomic E-state index is 11.4. The number of sulfone groups is 1. The third-order valence-electron chi connectivity index (χ3n) is 2.39. The van der Waals surface area contributed by atoms with Crippen LogP contribution in [-0.4, -0.2) is 25.0 Å². The highest BCUT2D eigenvalue weighted by Gasteiger charge is 2.35. The van der Waals surface area contributed by atoms with E-state index in [4.69, 9.17) is 5.73 Å². The van der Waals surface area contributed by atoms with E-state index in [-0.39, 0.29) is 28.9 Å². The Kier molecular flexibility index (Phi) is 4.00. The lowest BCUT2D eigenvalue weighted by Gasteiger charge is -2.28. The summed E-state index contributed by atoms with van der Waals surface area (Å²) >= 11 is 0. The molecular formula is C7H16ClNO2S. The molecule has 0 aromatic rings. The normalized spacial score (nSPS) is 40.1. The summed E-state index contributed by atoms with van der Waals surface area (Å²) in [4.78, 5) is 0. The molecule has 2 unspecified atom stereocenters. The molecule has 1 aliphatic rings. The van der Waals surface area contributed by atoms with E-state index in [0.29, 0.717) is 12.8 Å².